The maximum absolute atomic E-state index is 11.3. The first kappa shape index (κ1) is 19.7. The number of benzene rings is 4. The summed E-state index contributed by atoms with van der Waals surface area (Å²) in [6, 6.07) is 30.6. The van der Waals surface area contributed by atoms with E-state index in [4.69, 9.17) is 4.98 Å². The van der Waals surface area contributed by atoms with Crippen LogP contribution < -0.4 is 0 Å². The van der Waals surface area contributed by atoms with E-state index in [0.717, 1.165) is 37.5 Å². The van der Waals surface area contributed by atoms with Crippen LogP contribution in [0.4, 0.5) is 5.69 Å². The van der Waals surface area contributed by atoms with Crippen LogP contribution in [0, 0.1) is 22.0 Å². The topological polar surface area (TPSA) is 56.0 Å². The predicted octanol–water partition coefficient (Wildman–Crippen LogP) is 6.94. The molecule has 32 heavy (non-hydrogen) atoms. The molecule has 0 spiro atoms. The van der Waals surface area contributed by atoms with E-state index in [1.165, 1.54) is 12.1 Å². The number of fused-ring (bicyclic) bond motifs is 1. The average Bonchev–Trinajstić information content (AvgIpc) is 3.28. The summed E-state index contributed by atoms with van der Waals surface area (Å²) in [7, 11) is 0. The van der Waals surface area contributed by atoms with Crippen molar-refractivity contribution in [3.63, 3.8) is 0 Å². The van der Waals surface area contributed by atoms with Crippen molar-refractivity contribution in [3.8, 4) is 33.5 Å². The van der Waals surface area contributed by atoms with Crippen LogP contribution in [0.1, 0.15) is 11.1 Å². The van der Waals surface area contributed by atoms with Crippen molar-refractivity contribution in [2.24, 2.45) is 0 Å². The van der Waals surface area contributed by atoms with Crippen LogP contribution >= 0.6 is 11.3 Å². The van der Waals surface area contributed by atoms with Gasteiger partial charge in [-0.1, -0.05) is 66.4 Å². The van der Waals surface area contributed by atoms with E-state index in [-0.39, 0.29) is 5.69 Å². The maximum atomic E-state index is 11.3. The molecule has 0 bridgehead atoms. The van der Waals surface area contributed by atoms with Crippen LogP contribution in [-0.4, -0.2) is 9.91 Å². The van der Waals surface area contributed by atoms with Crippen molar-refractivity contribution >= 4 is 27.2 Å². The maximum Gasteiger partial charge on any atom is 0.270 e. The highest BCUT2D eigenvalue weighted by Crippen LogP contribution is 2.30. The van der Waals surface area contributed by atoms with Gasteiger partial charge in [-0.15, -0.1) is 11.3 Å². The van der Waals surface area contributed by atoms with Crippen LogP contribution in [0.25, 0.3) is 31.9 Å². The molecular formula is C27H16N2O2S. The van der Waals surface area contributed by atoms with E-state index < -0.39 is 4.92 Å². The highest BCUT2D eigenvalue weighted by Gasteiger charge is 2.11. The highest BCUT2D eigenvalue weighted by molar-refractivity contribution is 7.21. The summed E-state index contributed by atoms with van der Waals surface area (Å²) in [4.78, 5) is 15.6. The first-order chi connectivity index (χ1) is 15.7. The zero-order valence-electron chi connectivity index (χ0n) is 16.9. The summed E-state index contributed by atoms with van der Waals surface area (Å²) in [6.45, 7) is 0. The first-order valence-corrected chi connectivity index (χ1v) is 10.8. The Hall–Kier alpha value is -4.27. The van der Waals surface area contributed by atoms with Gasteiger partial charge in [0, 0.05) is 28.8 Å². The molecular weight excluding hydrogens is 416 g/mol. The van der Waals surface area contributed by atoms with Crippen molar-refractivity contribution < 1.29 is 4.92 Å². The van der Waals surface area contributed by atoms with Gasteiger partial charge in [-0.3, -0.25) is 10.1 Å². The Kier molecular flexibility index (Phi) is 5.20. The third-order valence-corrected chi connectivity index (χ3v) is 6.15. The second-order valence-electron chi connectivity index (χ2n) is 7.17. The number of thiazole rings is 1. The molecule has 152 valence electrons. The highest BCUT2D eigenvalue weighted by atomic mass is 32.1. The molecule has 1 heterocycles. The van der Waals surface area contributed by atoms with Gasteiger partial charge in [0.2, 0.25) is 0 Å². The molecule has 4 nitrogen and oxygen atoms in total. The number of nitro benzene ring substituents is 1. The number of rotatable bonds is 3. The fraction of sp³-hybridized carbons (Fsp3) is 0. The molecule has 0 fully saturated rings. The molecule has 0 amide bonds. The molecule has 0 aliphatic heterocycles. The standard InChI is InChI=1S/C27H16N2O2S/c30-29(31)23-16-17-24(20-6-2-1-3-7-20)22(18-23)15-12-19-10-13-21(14-11-19)27-28-25-8-4-5-9-26(25)32-27/h1-11,13-14,16-18H. The molecule has 5 rings (SSSR count). The van der Waals surface area contributed by atoms with E-state index >= 15 is 0 Å². The van der Waals surface area contributed by atoms with Gasteiger partial charge in [0.25, 0.3) is 5.69 Å². The van der Waals surface area contributed by atoms with Gasteiger partial charge in [-0.05, 0) is 41.5 Å². The fourth-order valence-corrected chi connectivity index (χ4v) is 4.42. The van der Waals surface area contributed by atoms with Crippen LogP contribution in [-0.2, 0) is 0 Å². The van der Waals surface area contributed by atoms with Crippen molar-refractivity contribution in [1.29, 1.82) is 0 Å². The molecule has 0 radical (unpaired) electrons. The third kappa shape index (κ3) is 4.00. The SMILES string of the molecule is O=[N+]([O-])c1ccc(-c2ccccc2)c(C#Cc2ccc(-c3nc4ccccc4s3)cc2)c1. The number of hydrogen-bond donors (Lipinski definition) is 0. The molecule has 5 heteroatoms. The molecule has 1 aromatic heterocycles. The molecule has 4 aromatic carbocycles. The quantitative estimate of drug-likeness (QED) is 0.176. The Labute approximate surface area is 189 Å². The van der Waals surface area contributed by atoms with Crippen LogP contribution in [0.5, 0.6) is 0 Å². The van der Waals surface area contributed by atoms with Crippen LogP contribution in [0.15, 0.2) is 97.1 Å². The second kappa shape index (κ2) is 8.46. The molecule has 5 aromatic rings. The van der Waals surface area contributed by atoms with Gasteiger partial charge in [0.05, 0.1) is 15.1 Å². The number of hydrogen-bond acceptors (Lipinski definition) is 4. The first-order valence-electron chi connectivity index (χ1n) is 9.99. The molecule has 0 saturated heterocycles. The molecule has 0 saturated carbocycles. The lowest BCUT2D eigenvalue weighted by Gasteiger charge is -2.05. The number of aromatic nitrogens is 1. The Balaban J connectivity index is 1.48. The fourth-order valence-electron chi connectivity index (χ4n) is 3.45. The van der Waals surface area contributed by atoms with Gasteiger partial charge in [-0.2, -0.15) is 0 Å². The summed E-state index contributed by atoms with van der Waals surface area (Å²) in [6.07, 6.45) is 0. The van der Waals surface area contributed by atoms with Crippen LogP contribution in [0.3, 0.4) is 0 Å². The summed E-state index contributed by atoms with van der Waals surface area (Å²) in [5.74, 6) is 6.29. The third-order valence-electron chi connectivity index (χ3n) is 5.07. The zero-order valence-corrected chi connectivity index (χ0v) is 17.7. The van der Waals surface area contributed by atoms with Gasteiger partial charge in [0.15, 0.2) is 0 Å². The summed E-state index contributed by atoms with van der Waals surface area (Å²) < 4.78 is 1.16. The lowest BCUT2D eigenvalue weighted by Crippen LogP contribution is -1.91. The smallest absolute Gasteiger partial charge is 0.258 e. The number of nitro groups is 1. The minimum absolute atomic E-state index is 0.0279. The van der Waals surface area contributed by atoms with Crippen molar-refractivity contribution in [1.82, 2.24) is 4.98 Å². The van der Waals surface area contributed by atoms with Gasteiger partial charge >= 0.3 is 0 Å². The molecule has 0 aliphatic rings. The van der Waals surface area contributed by atoms with E-state index in [9.17, 15) is 10.1 Å². The lowest BCUT2D eigenvalue weighted by atomic mass is 9.99. The van der Waals surface area contributed by atoms with Gasteiger partial charge < -0.3 is 0 Å². The Morgan fingerprint density at radius 3 is 2.28 bits per heavy atom. The van der Waals surface area contributed by atoms with Gasteiger partial charge in [0.1, 0.15) is 5.01 Å². The lowest BCUT2D eigenvalue weighted by molar-refractivity contribution is -0.384. The molecule has 0 atom stereocenters. The minimum atomic E-state index is -0.396. The van der Waals surface area contributed by atoms with Crippen molar-refractivity contribution in [2.45, 2.75) is 0 Å². The molecule has 0 N–H and O–H groups in total. The second-order valence-corrected chi connectivity index (χ2v) is 8.20. The Morgan fingerprint density at radius 1 is 0.781 bits per heavy atom. The Morgan fingerprint density at radius 2 is 1.53 bits per heavy atom. The number of nitrogens with zero attached hydrogens (tertiary/aromatic N) is 2. The normalized spacial score (nSPS) is 10.5. The van der Waals surface area contributed by atoms with E-state index in [1.807, 2.05) is 72.8 Å². The monoisotopic (exact) mass is 432 g/mol. The van der Waals surface area contributed by atoms with E-state index in [2.05, 4.69) is 17.9 Å². The molecule has 0 aliphatic carbocycles. The summed E-state index contributed by atoms with van der Waals surface area (Å²) in [5, 5.41) is 12.2. The number of para-hydroxylation sites is 1. The number of non-ortho nitro benzene ring substituents is 1. The van der Waals surface area contributed by atoms with E-state index in [0.29, 0.717) is 5.56 Å². The Bertz CT molecular complexity index is 1460. The zero-order chi connectivity index (χ0) is 21.9. The summed E-state index contributed by atoms with van der Waals surface area (Å²) >= 11 is 1.66. The van der Waals surface area contributed by atoms with Crippen molar-refractivity contribution in [2.75, 3.05) is 0 Å². The minimum Gasteiger partial charge on any atom is -0.258 e. The molecule has 0 unspecified atom stereocenters. The van der Waals surface area contributed by atoms with Crippen LogP contribution in [0.2, 0.25) is 0 Å². The predicted molar refractivity (Wildman–Crippen MR) is 130 cm³/mol. The summed E-state index contributed by atoms with van der Waals surface area (Å²) in [5.41, 5.74) is 5.36. The van der Waals surface area contributed by atoms with E-state index in [1.54, 1.807) is 17.4 Å². The van der Waals surface area contributed by atoms with Gasteiger partial charge in [-0.25, -0.2) is 4.98 Å². The van der Waals surface area contributed by atoms with Crippen molar-refractivity contribution in [3.05, 3.63) is 118 Å². The largest absolute Gasteiger partial charge is 0.270 e. The average molecular weight is 433 g/mol.